The summed E-state index contributed by atoms with van der Waals surface area (Å²) >= 11 is 9.51. The molecule has 0 amide bonds. The predicted octanol–water partition coefficient (Wildman–Crippen LogP) is 4.95. The van der Waals surface area contributed by atoms with E-state index in [9.17, 15) is 4.79 Å². The third kappa shape index (κ3) is 3.37. The molecule has 0 fully saturated rings. The molecule has 0 radical (unpaired) electrons. The zero-order valence-corrected chi connectivity index (χ0v) is 15.5. The van der Waals surface area contributed by atoms with Crippen LogP contribution in [0.2, 0.25) is 5.02 Å². The van der Waals surface area contributed by atoms with Gasteiger partial charge in [-0.05, 0) is 49.7 Å². The lowest BCUT2D eigenvalue weighted by atomic mass is 10.2. The molecule has 0 atom stereocenters. The highest BCUT2D eigenvalue weighted by atomic mass is 79.9. The molecule has 0 unspecified atom stereocenters. The summed E-state index contributed by atoms with van der Waals surface area (Å²) in [6.45, 7) is 3.83. The minimum atomic E-state index is -0.143. The average molecular weight is 405 g/mol. The van der Waals surface area contributed by atoms with E-state index in [1.165, 1.54) is 4.68 Å². The number of halogens is 2. The number of aliphatic imine (C=N–C) groups is 1. The summed E-state index contributed by atoms with van der Waals surface area (Å²) in [6.07, 6.45) is 1.55. The van der Waals surface area contributed by atoms with Gasteiger partial charge in [-0.15, -0.1) is 0 Å². The monoisotopic (exact) mass is 403 g/mol. The second-order valence-electron chi connectivity index (χ2n) is 5.48. The van der Waals surface area contributed by atoms with Gasteiger partial charge in [0.15, 0.2) is 0 Å². The van der Waals surface area contributed by atoms with Gasteiger partial charge in [0.2, 0.25) is 0 Å². The minimum absolute atomic E-state index is 0.143. The third-order valence-corrected chi connectivity index (χ3v) is 4.42. The van der Waals surface area contributed by atoms with Crippen molar-refractivity contribution in [3.63, 3.8) is 0 Å². The van der Waals surface area contributed by atoms with Crippen LogP contribution in [0.15, 0.2) is 56.7 Å². The van der Waals surface area contributed by atoms with Crippen LogP contribution in [0.5, 0.6) is 0 Å². The lowest BCUT2D eigenvalue weighted by Crippen LogP contribution is -2.17. The van der Waals surface area contributed by atoms with Crippen LogP contribution in [0.3, 0.4) is 0 Å². The number of aromatic amines is 1. The topological polar surface area (TPSA) is 50.1 Å². The molecule has 3 aromatic rings. The fraction of sp³-hybridized carbons (Fsp3) is 0.111. The second kappa shape index (κ2) is 6.79. The molecule has 24 heavy (non-hydrogen) atoms. The van der Waals surface area contributed by atoms with Gasteiger partial charge < -0.3 is 0 Å². The standard InChI is InChI=1S/C18H15BrClN3O/c1-11-4-3-5-14(8-11)23-18(24)15(12(2)22-23)10-21-17-7-6-13(19)9-16(17)20/h3-10,22H,1-2H3. The summed E-state index contributed by atoms with van der Waals surface area (Å²) in [7, 11) is 0. The molecule has 3 rings (SSSR count). The van der Waals surface area contributed by atoms with Gasteiger partial charge in [-0.25, -0.2) is 4.68 Å². The lowest BCUT2D eigenvalue weighted by molar-refractivity contribution is 0.834. The van der Waals surface area contributed by atoms with Gasteiger partial charge in [0.05, 0.1) is 22.0 Å². The van der Waals surface area contributed by atoms with E-state index in [2.05, 4.69) is 26.0 Å². The number of aromatic nitrogens is 2. The maximum Gasteiger partial charge on any atom is 0.280 e. The van der Waals surface area contributed by atoms with Crippen LogP contribution >= 0.6 is 27.5 Å². The molecule has 0 saturated carbocycles. The van der Waals surface area contributed by atoms with E-state index in [-0.39, 0.29) is 5.56 Å². The maximum absolute atomic E-state index is 12.7. The zero-order chi connectivity index (χ0) is 17.3. The Bertz CT molecular complexity index is 988. The van der Waals surface area contributed by atoms with Crippen molar-refractivity contribution in [3.05, 3.63) is 79.1 Å². The fourth-order valence-electron chi connectivity index (χ4n) is 2.38. The summed E-state index contributed by atoms with van der Waals surface area (Å²) in [4.78, 5) is 17.0. The van der Waals surface area contributed by atoms with Crippen molar-refractivity contribution in [2.24, 2.45) is 4.99 Å². The third-order valence-electron chi connectivity index (χ3n) is 3.62. The summed E-state index contributed by atoms with van der Waals surface area (Å²) < 4.78 is 2.40. The molecule has 2 aromatic carbocycles. The Morgan fingerprint density at radius 2 is 2.00 bits per heavy atom. The van der Waals surface area contributed by atoms with Gasteiger partial charge in [0.25, 0.3) is 5.56 Å². The molecule has 0 aliphatic carbocycles. The Balaban J connectivity index is 2.01. The first-order valence-electron chi connectivity index (χ1n) is 7.33. The van der Waals surface area contributed by atoms with Gasteiger partial charge in [0.1, 0.15) is 0 Å². The smallest absolute Gasteiger partial charge is 0.280 e. The average Bonchev–Trinajstić information content (AvgIpc) is 2.81. The number of benzene rings is 2. The van der Waals surface area contributed by atoms with Crippen molar-refractivity contribution in [2.45, 2.75) is 13.8 Å². The molecule has 1 aromatic heterocycles. The van der Waals surface area contributed by atoms with Crippen molar-refractivity contribution in [1.82, 2.24) is 9.78 Å². The van der Waals surface area contributed by atoms with Crippen LogP contribution in [0.1, 0.15) is 16.8 Å². The molecule has 1 heterocycles. The molecule has 1 N–H and O–H groups in total. The van der Waals surface area contributed by atoms with Crippen LogP contribution < -0.4 is 5.56 Å². The van der Waals surface area contributed by atoms with Crippen molar-refractivity contribution < 1.29 is 0 Å². The SMILES string of the molecule is Cc1cccc(-n2[nH]c(C)c(C=Nc3ccc(Br)cc3Cl)c2=O)c1. The Morgan fingerprint density at radius 3 is 2.71 bits per heavy atom. The Morgan fingerprint density at radius 1 is 1.21 bits per heavy atom. The van der Waals surface area contributed by atoms with Gasteiger partial charge >= 0.3 is 0 Å². The van der Waals surface area contributed by atoms with Crippen molar-refractivity contribution in [2.75, 3.05) is 0 Å². The van der Waals surface area contributed by atoms with Gasteiger partial charge in [-0.1, -0.05) is 39.7 Å². The Kier molecular flexibility index (Phi) is 4.73. The number of rotatable bonds is 3. The number of nitrogens with zero attached hydrogens (tertiary/aromatic N) is 2. The highest BCUT2D eigenvalue weighted by molar-refractivity contribution is 9.10. The van der Waals surface area contributed by atoms with E-state index >= 15 is 0 Å². The Labute approximate surface area is 152 Å². The van der Waals surface area contributed by atoms with Crippen LogP contribution in [-0.4, -0.2) is 16.0 Å². The zero-order valence-electron chi connectivity index (χ0n) is 13.2. The van der Waals surface area contributed by atoms with E-state index in [4.69, 9.17) is 11.6 Å². The minimum Gasteiger partial charge on any atom is -0.295 e. The summed E-state index contributed by atoms with van der Waals surface area (Å²) in [5, 5.41) is 3.61. The predicted molar refractivity (Wildman–Crippen MR) is 102 cm³/mol. The largest absolute Gasteiger partial charge is 0.295 e. The maximum atomic E-state index is 12.7. The van der Waals surface area contributed by atoms with Crippen LogP contribution in [0, 0.1) is 13.8 Å². The van der Waals surface area contributed by atoms with E-state index in [1.54, 1.807) is 18.3 Å². The summed E-state index contributed by atoms with van der Waals surface area (Å²) in [5.41, 5.74) is 3.61. The second-order valence-corrected chi connectivity index (χ2v) is 6.81. The fourth-order valence-corrected chi connectivity index (χ4v) is 3.10. The number of aryl methyl sites for hydroxylation is 2. The first kappa shape index (κ1) is 16.7. The first-order chi connectivity index (χ1) is 11.5. The summed E-state index contributed by atoms with van der Waals surface area (Å²) in [5.74, 6) is 0. The number of nitrogens with one attached hydrogen (secondary N) is 1. The highest BCUT2D eigenvalue weighted by Crippen LogP contribution is 2.27. The van der Waals surface area contributed by atoms with E-state index < -0.39 is 0 Å². The van der Waals surface area contributed by atoms with Crippen molar-refractivity contribution in [3.8, 4) is 5.69 Å². The number of hydrogen-bond donors (Lipinski definition) is 1. The highest BCUT2D eigenvalue weighted by Gasteiger charge is 2.11. The van der Waals surface area contributed by atoms with Crippen molar-refractivity contribution in [1.29, 1.82) is 0 Å². The van der Waals surface area contributed by atoms with Gasteiger partial charge in [-0.3, -0.25) is 14.9 Å². The lowest BCUT2D eigenvalue weighted by Gasteiger charge is -2.02. The normalized spacial score (nSPS) is 11.3. The molecular weight excluding hydrogens is 390 g/mol. The van der Waals surface area contributed by atoms with Crippen LogP contribution in [0.4, 0.5) is 5.69 Å². The van der Waals surface area contributed by atoms with Crippen molar-refractivity contribution >= 4 is 39.4 Å². The van der Waals surface area contributed by atoms with Crippen LogP contribution in [0.25, 0.3) is 5.69 Å². The van der Waals surface area contributed by atoms with E-state index in [1.807, 2.05) is 44.2 Å². The first-order valence-corrected chi connectivity index (χ1v) is 8.50. The molecule has 0 aliphatic heterocycles. The van der Waals surface area contributed by atoms with Gasteiger partial charge in [0, 0.05) is 16.4 Å². The molecule has 4 nitrogen and oxygen atoms in total. The quantitative estimate of drug-likeness (QED) is 0.617. The Hall–Kier alpha value is -2.11. The molecule has 0 saturated heterocycles. The number of H-pyrrole nitrogens is 1. The van der Waals surface area contributed by atoms with Gasteiger partial charge in [-0.2, -0.15) is 0 Å². The molecule has 6 heteroatoms. The molecule has 0 spiro atoms. The molecular formula is C18H15BrClN3O. The molecule has 0 aliphatic rings. The number of hydrogen-bond acceptors (Lipinski definition) is 2. The molecule has 122 valence electrons. The summed E-state index contributed by atoms with van der Waals surface area (Å²) in [6, 6.07) is 13.2. The molecule has 0 bridgehead atoms. The van der Waals surface area contributed by atoms with E-state index in [0.29, 0.717) is 16.3 Å². The van der Waals surface area contributed by atoms with E-state index in [0.717, 1.165) is 21.4 Å². The van der Waals surface area contributed by atoms with Crippen LogP contribution in [-0.2, 0) is 0 Å².